The fourth-order valence-corrected chi connectivity index (χ4v) is 1.20. The van der Waals surface area contributed by atoms with Crippen molar-refractivity contribution in [1.82, 2.24) is 0 Å². The van der Waals surface area contributed by atoms with Gasteiger partial charge in [-0.1, -0.05) is 30.3 Å². The first-order valence-corrected chi connectivity index (χ1v) is 4.68. The molecule has 11 heavy (non-hydrogen) atoms. The van der Waals surface area contributed by atoms with Crippen LogP contribution in [0.3, 0.4) is 0 Å². The standard InChI is InChI=1S/C10H11I/c1-8(9(2)11)10-6-4-3-5-7-10/h3-7H,1-2H3/b9-8-. The van der Waals surface area contributed by atoms with Crippen molar-refractivity contribution in [3.05, 3.63) is 39.5 Å². The van der Waals surface area contributed by atoms with E-state index in [0.29, 0.717) is 0 Å². The van der Waals surface area contributed by atoms with Gasteiger partial charge < -0.3 is 0 Å². The molecule has 0 saturated carbocycles. The first kappa shape index (κ1) is 8.78. The van der Waals surface area contributed by atoms with Gasteiger partial charge in [0, 0.05) is 0 Å². The molecule has 0 radical (unpaired) electrons. The summed E-state index contributed by atoms with van der Waals surface area (Å²) < 4.78 is 1.36. The van der Waals surface area contributed by atoms with Crippen LogP contribution in [0.4, 0.5) is 0 Å². The van der Waals surface area contributed by atoms with Gasteiger partial charge in [-0.2, -0.15) is 0 Å². The molecule has 1 heteroatoms. The zero-order valence-electron chi connectivity index (χ0n) is 6.76. The molecule has 0 unspecified atom stereocenters. The van der Waals surface area contributed by atoms with Gasteiger partial charge in [0.15, 0.2) is 0 Å². The van der Waals surface area contributed by atoms with Crippen LogP contribution in [0.25, 0.3) is 5.57 Å². The van der Waals surface area contributed by atoms with Gasteiger partial charge in [-0.05, 0) is 51.2 Å². The van der Waals surface area contributed by atoms with Crippen molar-refractivity contribution in [1.29, 1.82) is 0 Å². The van der Waals surface area contributed by atoms with E-state index in [2.05, 4.69) is 60.7 Å². The highest BCUT2D eigenvalue weighted by molar-refractivity contribution is 14.1. The second-order valence-electron chi connectivity index (χ2n) is 2.52. The third kappa shape index (κ3) is 2.33. The van der Waals surface area contributed by atoms with E-state index in [1.54, 1.807) is 0 Å². The third-order valence-electron chi connectivity index (χ3n) is 1.72. The van der Waals surface area contributed by atoms with E-state index in [1.165, 1.54) is 14.7 Å². The van der Waals surface area contributed by atoms with Gasteiger partial charge in [-0.25, -0.2) is 0 Å². The third-order valence-corrected chi connectivity index (χ3v) is 2.53. The molecule has 0 saturated heterocycles. The molecular formula is C10H11I. The molecular weight excluding hydrogens is 247 g/mol. The van der Waals surface area contributed by atoms with E-state index in [1.807, 2.05) is 6.07 Å². The maximum Gasteiger partial charge on any atom is -0.00899 e. The Morgan fingerprint density at radius 1 is 1.09 bits per heavy atom. The zero-order valence-corrected chi connectivity index (χ0v) is 8.92. The minimum absolute atomic E-state index is 1.32. The van der Waals surface area contributed by atoms with Crippen LogP contribution in [0.15, 0.2) is 33.9 Å². The molecule has 0 fully saturated rings. The summed E-state index contributed by atoms with van der Waals surface area (Å²) in [7, 11) is 0. The number of benzene rings is 1. The molecule has 0 nitrogen and oxygen atoms in total. The van der Waals surface area contributed by atoms with Gasteiger partial charge >= 0.3 is 0 Å². The molecule has 1 aromatic rings. The number of allylic oxidation sites excluding steroid dienone is 2. The lowest BCUT2D eigenvalue weighted by atomic mass is 10.1. The summed E-state index contributed by atoms with van der Waals surface area (Å²) in [5.41, 5.74) is 2.69. The van der Waals surface area contributed by atoms with Crippen LogP contribution in [-0.4, -0.2) is 0 Å². The maximum absolute atomic E-state index is 2.35. The molecule has 58 valence electrons. The van der Waals surface area contributed by atoms with Gasteiger partial charge in [-0.15, -0.1) is 0 Å². The second-order valence-corrected chi connectivity index (χ2v) is 4.14. The van der Waals surface area contributed by atoms with Gasteiger partial charge in [0.05, 0.1) is 0 Å². The van der Waals surface area contributed by atoms with Crippen molar-refractivity contribution in [3.8, 4) is 0 Å². The fraction of sp³-hybridized carbons (Fsp3) is 0.200. The highest BCUT2D eigenvalue weighted by Crippen LogP contribution is 2.21. The molecule has 1 aromatic carbocycles. The van der Waals surface area contributed by atoms with Crippen molar-refractivity contribution in [2.45, 2.75) is 13.8 Å². The Morgan fingerprint density at radius 3 is 2.09 bits per heavy atom. The lowest BCUT2D eigenvalue weighted by Gasteiger charge is -2.01. The largest absolute Gasteiger partial charge is 0.0622 e. The molecule has 0 heterocycles. The van der Waals surface area contributed by atoms with Crippen molar-refractivity contribution in [2.24, 2.45) is 0 Å². The summed E-state index contributed by atoms with van der Waals surface area (Å²) in [5, 5.41) is 0. The molecule has 0 aliphatic heterocycles. The molecule has 0 atom stereocenters. The van der Waals surface area contributed by atoms with Crippen molar-refractivity contribution in [3.63, 3.8) is 0 Å². The molecule has 0 aliphatic rings. The number of hydrogen-bond acceptors (Lipinski definition) is 0. The van der Waals surface area contributed by atoms with Crippen LogP contribution >= 0.6 is 22.6 Å². The Labute approximate surface area is 81.5 Å². The summed E-state index contributed by atoms with van der Waals surface area (Å²) in [6.07, 6.45) is 0. The minimum atomic E-state index is 1.32. The molecule has 0 bridgehead atoms. The number of rotatable bonds is 1. The van der Waals surface area contributed by atoms with Crippen molar-refractivity contribution in [2.75, 3.05) is 0 Å². The van der Waals surface area contributed by atoms with E-state index in [0.717, 1.165) is 0 Å². The normalized spacial score (nSPS) is 12.6. The topological polar surface area (TPSA) is 0 Å². The summed E-state index contributed by atoms with van der Waals surface area (Å²) in [6.45, 7) is 4.28. The predicted octanol–water partition coefficient (Wildman–Crippen LogP) is 3.87. The quantitative estimate of drug-likeness (QED) is 0.671. The van der Waals surface area contributed by atoms with E-state index in [9.17, 15) is 0 Å². The van der Waals surface area contributed by atoms with Gasteiger partial charge in [0.2, 0.25) is 0 Å². The summed E-state index contributed by atoms with van der Waals surface area (Å²) in [6, 6.07) is 10.4. The SMILES string of the molecule is C/C(I)=C(\C)c1ccccc1. The Hall–Kier alpha value is -0.310. The van der Waals surface area contributed by atoms with E-state index < -0.39 is 0 Å². The first-order valence-electron chi connectivity index (χ1n) is 3.60. The van der Waals surface area contributed by atoms with Gasteiger partial charge in [-0.3, -0.25) is 0 Å². The minimum Gasteiger partial charge on any atom is -0.0622 e. The summed E-state index contributed by atoms with van der Waals surface area (Å²) >= 11 is 2.35. The lowest BCUT2D eigenvalue weighted by molar-refractivity contribution is 1.54. The fourth-order valence-electron chi connectivity index (χ4n) is 0.887. The first-order chi connectivity index (χ1) is 5.22. The summed E-state index contributed by atoms with van der Waals surface area (Å²) in [4.78, 5) is 0. The van der Waals surface area contributed by atoms with Crippen LogP contribution in [-0.2, 0) is 0 Å². The van der Waals surface area contributed by atoms with Gasteiger partial charge in [0.25, 0.3) is 0 Å². The highest BCUT2D eigenvalue weighted by atomic mass is 127. The Kier molecular flexibility index (Phi) is 3.12. The Bertz CT molecular complexity index is 255. The monoisotopic (exact) mass is 258 g/mol. The van der Waals surface area contributed by atoms with Crippen LogP contribution in [0, 0.1) is 0 Å². The van der Waals surface area contributed by atoms with E-state index in [-0.39, 0.29) is 0 Å². The Balaban J connectivity index is 3.04. The smallest absolute Gasteiger partial charge is 0.00899 e. The van der Waals surface area contributed by atoms with Crippen LogP contribution in [0.5, 0.6) is 0 Å². The lowest BCUT2D eigenvalue weighted by Crippen LogP contribution is -1.78. The van der Waals surface area contributed by atoms with Gasteiger partial charge in [0.1, 0.15) is 0 Å². The van der Waals surface area contributed by atoms with Crippen molar-refractivity contribution < 1.29 is 0 Å². The molecule has 0 amide bonds. The predicted molar refractivity (Wildman–Crippen MR) is 58.7 cm³/mol. The summed E-state index contributed by atoms with van der Waals surface area (Å²) in [5.74, 6) is 0. The molecule has 1 rings (SSSR count). The van der Waals surface area contributed by atoms with E-state index in [4.69, 9.17) is 0 Å². The number of halogens is 1. The van der Waals surface area contributed by atoms with Crippen molar-refractivity contribution >= 4 is 28.2 Å². The molecule has 0 aromatic heterocycles. The highest BCUT2D eigenvalue weighted by Gasteiger charge is 1.95. The maximum atomic E-state index is 2.35. The average molecular weight is 258 g/mol. The van der Waals surface area contributed by atoms with Crippen LogP contribution in [0.2, 0.25) is 0 Å². The zero-order chi connectivity index (χ0) is 8.27. The van der Waals surface area contributed by atoms with Crippen LogP contribution in [0.1, 0.15) is 19.4 Å². The molecule has 0 aliphatic carbocycles. The Morgan fingerprint density at radius 2 is 1.64 bits per heavy atom. The molecule has 0 spiro atoms. The second kappa shape index (κ2) is 3.90. The van der Waals surface area contributed by atoms with E-state index >= 15 is 0 Å². The molecule has 0 N–H and O–H groups in total. The van der Waals surface area contributed by atoms with Crippen LogP contribution < -0.4 is 0 Å². The number of hydrogen-bond donors (Lipinski definition) is 0. The average Bonchev–Trinajstić information content (AvgIpc) is 2.05.